The van der Waals surface area contributed by atoms with E-state index in [-0.39, 0.29) is 5.91 Å². The Bertz CT molecular complexity index is 914. The van der Waals surface area contributed by atoms with Gasteiger partial charge in [-0.15, -0.1) is 0 Å². The van der Waals surface area contributed by atoms with Gasteiger partial charge in [-0.2, -0.15) is 0 Å². The smallest absolute Gasteiger partial charge is 0.255 e. The topological polar surface area (TPSA) is 56.8 Å². The van der Waals surface area contributed by atoms with E-state index in [2.05, 4.69) is 21.2 Å². The number of benzene rings is 3. The van der Waals surface area contributed by atoms with Gasteiger partial charge in [0.1, 0.15) is 30.5 Å². The van der Waals surface area contributed by atoms with Crippen molar-refractivity contribution >= 4 is 27.5 Å². The lowest BCUT2D eigenvalue weighted by Crippen LogP contribution is -2.12. The normalized spacial score (nSPS) is 10.2. The van der Waals surface area contributed by atoms with Gasteiger partial charge < -0.3 is 19.5 Å². The summed E-state index contributed by atoms with van der Waals surface area (Å²) in [5.41, 5.74) is 1.22. The van der Waals surface area contributed by atoms with E-state index in [1.165, 1.54) is 0 Å². The fourth-order valence-electron chi connectivity index (χ4n) is 2.48. The molecule has 0 atom stereocenters. The van der Waals surface area contributed by atoms with E-state index >= 15 is 0 Å². The predicted molar refractivity (Wildman–Crippen MR) is 113 cm³/mol. The summed E-state index contributed by atoms with van der Waals surface area (Å²) >= 11 is 3.38. The number of para-hydroxylation sites is 1. The molecule has 0 aliphatic carbocycles. The largest absolute Gasteiger partial charge is 0.496 e. The molecule has 0 heterocycles. The maximum Gasteiger partial charge on any atom is 0.255 e. The zero-order chi connectivity index (χ0) is 19.8. The molecule has 3 aromatic carbocycles. The molecule has 0 bridgehead atoms. The molecule has 0 spiro atoms. The van der Waals surface area contributed by atoms with Gasteiger partial charge in [-0.1, -0.05) is 18.2 Å². The van der Waals surface area contributed by atoms with Crippen LogP contribution in [0, 0.1) is 0 Å². The molecule has 5 nitrogen and oxygen atoms in total. The second kappa shape index (κ2) is 9.80. The van der Waals surface area contributed by atoms with Crippen LogP contribution in [0.2, 0.25) is 0 Å². The summed E-state index contributed by atoms with van der Waals surface area (Å²) in [6.07, 6.45) is 0. The number of ether oxygens (including phenoxy) is 3. The Balaban J connectivity index is 1.48. The maximum atomic E-state index is 12.4. The average molecular weight is 442 g/mol. The fourth-order valence-corrected chi connectivity index (χ4v) is 3.02. The number of carbonyl (C=O) groups excluding carboxylic acids is 1. The number of hydrogen-bond acceptors (Lipinski definition) is 4. The molecule has 0 aliphatic rings. The van der Waals surface area contributed by atoms with Crippen molar-refractivity contribution in [3.63, 3.8) is 0 Å². The molecule has 3 rings (SSSR count). The number of amides is 1. The highest BCUT2D eigenvalue weighted by molar-refractivity contribution is 9.10. The van der Waals surface area contributed by atoms with E-state index in [0.29, 0.717) is 36.0 Å². The summed E-state index contributed by atoms with van der Waals surface area (Å²) in [7, 11) is 1.58. The van der Waals surface area contributed by atoms with Gasteiger partial charge in [0.25, 0.3) is 5.91 Å². The van der Waals surface area contributed by atoms with Crippen LogP contribution in [-0.4, -0.2) is 26.2 Å². The van der Waals surface area contributed by atoms with Crippen molar-refractivity contribution in [1.29, 1.82) is 0 Å². The van der Waals surface area contributed by atoms with Crippen LogP contribution in [0.15, 0.2) is 77.3 Å². The lowest BCUT2D eigenvalue weighted by Gasteiger charge is -2.10. The molecule has 28 heavy (non-hydrogen) atoms. The minimum atomic E-state index is -0.201. The molecule has 1 amide bonds. The third kappa shape index (κ3) is 5.50. The summed E-state index contributed by atoms with van der Waals surface area (Å²) in [5, 5.41) is 2.86. The van der Waals surface area contributed by atoms with Crippen molar-refractivity contribution in [2.75, 3.05) is 25.6 Å². The Morgan fingerprint density at radius 1 is 0.893 bits per heavy atom. The molecular weight excluding hydrogens is 422 g/mol. The molecule has 0 aliphatic heterocycles. The zero-order valence-electron chi connectivity index (χ0n) is 15.4. The van der Waals surface area contributed by atoms with Crippen molar-refractivity contribution in [3.05, 3.63) is 82.8 Å². The van der Waals surface area contributed by atoms with E-state index in [4.69, 9.17) is 14.2 Å². The highest BCUT2D eigenvalue weighted by Crippen LogP contribution is 2.26. The van der Waals surface area contributed by atoms with Crippen LogP contribution in [0.25, 0.3) is 0 Å². The van der Waals surface area contributed by atoms with Crippen LogP contribution in [0.3, 0.4) is 0 Å². The first-order valence-electron chi connectivity index (χ1n) is 8.71. The fraction of sp³-hybridized carbons (Fsp3) is 0.136. The average Bonchev–Trinajstić information content (AvgIpc) is 2.73. The standard InChI is InChI=1S/C22H20BrNO4/c1-26-21-12-7-16(15-20(21)23)22(25)24-17-8-10-19(11-9-17)28-14-13-27-18-5-3-2-4-6-18/h2-12,15H,13-14H2,1H3,(H,24,25). The van der Waals surface area contributed by atoms with Gasteiger partial charge in [-0.3, -0.25) is 4.79 Å². The second-order valence-electron chi connectivity index (χ2n) is 5.84. The molecule has 0 unspecified atom stereocenters. The van der Waals surface area contributed by atoms with Crippen LogP contribution >= 0.6 is 15.9 Å². The first kappa shape index (κ1) is 19.8. The summed E-state index contributed by atoms with van der Waals surface area (Å²) < 4.78 is 17.1. The Labute approximate surface area is 172 Å². The molecule has 144 valence electrons. The number of anilines is 1. The van der Waals surface area contributed by atoms with Gasteiger partial charge in [0, 0.05) is 11.3 Å². The van der Waals surface area contributed by atoms with Gasteiger partial charge in [0.2, 0.25) is 0 Å². The Kier molecular flexibility index (Phi) is 6.92. The van der Waals surface area contributed by atoms with Crippen molar-refractivity contribution < 1.29 is 19.0 Å². The summed E-state index contributed by atoms with van der Waals surface area (Å²) in [4.78, 5) is 12.4. The van der Waals surface area contributed by atoms with Crippen molar-refractivity contribution in [3.8, 4) is 17.2 Å². The third-order valence-electron chi connectivity index (χ3n) is 3.89. The first-order valence-corrected chi connectivity index (χ1v) is 9.50. The molecule has 0 saturated heterocycles. The number of nitrogens with one attached hydrogen (secondary N) is 1. The summed E-state index contributed by atoms with van der Waals surface area (Å²) in [6.45, 7) is 0.884. The second-order valence-corrected chi connectivity index (χ2v) is 6.69. The van der Waals surface area contributed by atoms with Gasteiger partial charge >= 0.3 is 0 Å². The molecule has 0 radical (unpaired) electrons. The monoisotopic (exact) mass is 441 g/mol. The zero-order valence-corrected chi connectivity index (χ0v) is 16.9. The van der Waals surface area contributed by atoms with Gasteiger partial charge in [-0.05, 0) is 70.5 Å². The third-order valence-corrected chi connectivity index (χ3v) is 4.51. The molecule has 0 fully saturated rings. The number of carbonyl (C=O) groups is 1. The van der Waals surface area contributed by atoms with E-state index in [1.807, 2.05) is 42.5 Å². The first-order chi connectivity index (χ1) is 13.7. The molecular formula is C22H20BrNO4. The van der Waals surface area contributed by atoms with Crippen molar-refractivity contribution in [2.24, 2.45) is 0 Å². The molecule has 0 saturated carbocycles. The highest BCUT2D eigenvalue weighted by Gasteiger charge is 2.09. The maximum absolute atomic E-state index is 12.4. The quantitative estimate of drug-likeness (QED) is 0.490. The van der Waals surface area contributed by atoms with Crippen molar-refractivity contribution in [2.45, 2.75) is 0 Å². The number of methoxy groups -OCH3 is 1. The Hall–Kier alpha value is -2.99. The Morgan fingerprint density at radius 3 is 2.14 bits per heavy atom. The van der Waals surface area contributed by atoms with Crippen LogP contribution in [0.5, 0.6) is 17.2 Å². The van der Waals surface area contributed by atoms with Crippen LogP contribution in [0.4, 0.5) is 5.69 Å². The highest BCUT2D eigenvalue weighted by atomic mass is 79.9. The number of halogens is 1. The predicted octanol–water partition coefficient (Wildman–Crippen LogP) is 5.17. The molecule has 0 aromatic heterocycles. The van der Waals surface area contributed by atoms with Crippen molar-refractivity contribution in [1.82, 2.24) is 0 Å². The van der Waals surface area contributed by atoms with E-state index in [0.717, 1.165) is 10.2 Å². The van der Waals surface area contributed by atoms with Gasteiger partial charge in [-0.25, -0.2) is 0 Å². The van der Waals surface area contributed by atoms with E-state index in [9.17, 15) is 4.79 Å². The minimum absolute atomic E-state index is 0.201. The number of rotatable bonds is 8. The van der Waals surface area contributed by atoms with Crippen LogP contribution < -0.4 is 19.5 Å². The molecule has 1 N–H and O–H groups in total. The van der Waals surface area contributed by atoms with E-state index < -0.39 is 0 Å². The van der Waals surface area contributed by atoms with Gasteiger partial charge in [0.05, 0.1) is 11.6 Å². The van der Waals surface area contributed by atoms with Crippen LogP contribution in [-0.2, 0) is 0 Å². The lowest BCUT2D eigenvalue weighted by molar-refractivity contribution is 0.102. The summed E-state index contributed by atoms with van der Waals surface area (Å²) in [6, 6.07) is 22.0. The molecule has 6 heteroatoms. The minimum Gasteiger partial charge on any atom is -0.496 e. The SMILES string of the molecule is COc1ccc(C(=O)Nc2ccc(OCCOc3ccccc3)cc2)cc1Br. The molecule has 3 aromatic rings. The van der Waals surface area contributed by atoms with E-state index in [1.54, 1.807) is 37.4 Å². The van der Waals surface area contributed by atoms with Crippen LogP contribution in [0.1, 0.15) is 10.4 Å². The van der Waals surface area contributed by atoms with Gasteiger partial charge in [0.15, 0.2) is 0 Å². The Morgan fingerprint density at radius 2 is 1.54 bits per heavy atom. The lowest BCUT2D eigenvalue weighted by atomic mass is 10.2. The number of hydrogen-bond donors (Lipinski definition) is 1. The summed E-state index contributed by atoms with van der Waals surface area (Å²) in [5.74, 6) is 2.00.